The first-order valence-corrected chi connectivity index (χ1v) is 5.70. The molecule has 0 radical (unpaired) electrons. The molecule has 0 saturated carbocycles. The normalized spacial score (nSPS) is 11.9. The molecule has 7 nitrogen and oxygen atoms in total. The van der Waals surface area contributed by atoms with E-state index >= 15 is 0 Å². The van der Waals surface area contributed by atoms with Crippen molar-refractivity contribution in [3.63, 3.8) is 0 Å². The summed E-state index contributed by atoms with van der Waals surface area (Å²) in [7, 11) is 0. The summed E-state index contributed by atoms with van der Waals surface area (Å²) < 4.78 is 0. The maximum Gasteiger partial charge on any atom is 0.327 e. The van der Waals surface area contributed by atoms with Gasteiger partial charge in [-0.15, -0.1) is 0 Å². The monoisotopic (exact) mass is 256 g/mol. The molecule has 0 spiro atoms. The smallest absolute Gasteiger partial charge is 0.327 e. The number of carbonyl (C=O) groups is 2. The number of thioether (sulfide) groups is 1. The number of hydrazine groups is 1. The first-order chi connectivity index (χ1) is 8.02. The van der Waals surface area contributed by atoms with Gasteiger partial charge in [-0.2, -0.15) is 0 Å². The van der Waals surface area contributed by atoms with E-state index in [2.05, 4.69) is 9.97 Å². The minimum atomic E-state index is -1.15. The molecule has 0 bridgehead atoms. The quantitative estimate of drug-likeness (QED) is 0.245. The highest BCUT2D eigenvalue weighted by Gasteiger charge is 2.22. The van der Waals surface area contributed by atoms with Crippen LogP contribution in [0.5, 0.6) is 0 Å². The predicted molar refractivity (Wildman–Crippen MR) is 60.9 cm³/mol. The van der Waals surface area contributed by atoms with Crippen molar-refractivity contribution in [3.05, 3.63) is 18.5 Å². The van der Waals surface area contributed by atoms with Crippen LogP contribution in [0.2, 0.25) is 0 Å². The van der Waals surface area contributed by atoms with Gasteiger partial charge in [0, 0.05) is 12.4 Å². The van der Waals surface area contributed by atoms with Gasteiger partial charge in [0.25, 0.3) is 0 Å². The summed E-state index contributed by atoms with van der Waals surface area (Å²) in [5, 5.41) is 9.82. The number of aliphatic carboxylic acids is 1. The lowest BCUT2D eigenvalue weighted by atomic mass is 10.3. The number of amides is 1. The molecule has 1 aromatic heterocycles. The van der Waals surface area contributed by atoms with Crippen molar-refractivity contribution < 1.29 is 14.7 Å². The number of nitrogens with zero attached hydrogens (tertiary/aromatic N) is 3. The van der Waals surface area contributed by atoms with Crippen molar-refractivity contribution in [2.24, 2.45) is 5.84 Å². The maximum absolute atomic E-state index is 11.5. The van der Waals surface area contributed by atoms with Gasteiger partial charge in [-0.05, 0) is 13.0 Å². The average Bonchev–Trinajstić information content (AvgIpc) is 2.35. The zero-order chi connectivity index (χ0) is 12.8. The van der Waals surface area contributed by atoms with Crippen LogP contribution < -0.4 is 5.84 Å². The Hall–Kier alpha value is -1.67. The number of hydrogen-bond acceptors (Lipinski definition) is 6. The number of hydrogen-bond donors (Lipinski definition) is 2. The van der Waals surface area contributed by atoms with E-state index in [9.17, 15) is 9.59 Å². The van der Waals surface area contributed by atoms with Crippen LogP contribution in [0.15, 0.2) is 23.6 Å². The Morgan fingerprint density at radius 2 is 2.12 bits per heavy atom. The highest BCUT2D eigenvalue weighted by molar-refractivity contribution is 7.99. The third-order valence-corrected chi connectivity index (χ3v) is 2.79. The van der Waals surface area contributed by atoms with E-state index in [0.29, 0.717) is 10.2 Å². The number of rotatable bonds is 5. The summed E-state index contributed by atoms with van der Waals surface area (Å²) in [5.41, 5.74) is 0. The summed E-state index contributed by atoms with van der Waals surface area (Å²) in [6.45, 7) is 1.34. The van der Waals surface area contributed by atoms with E-state index in [1.54, 1.807) is 18.5 Å². The standard InChI is InChI=1S/C9H12N4O3S/c1-6(8(15)16)13(10)7(14)5-17-9-11-3-2-4-12-9/h2-4,6H,5,10H2,1H3,(H,15,16)/t6-/m0/s1. The fourth-order valence-electron chi connectivity index (χ4n) is 0.896. The lowest BCUT2D eigenvalue weighted by Gasteiger charge is -2.20. The highest BCUT2D eigenvalue weighted by atomic mass is 32.2. The molecule has 0 aliphatic carbocycles. The van der Waals surface area contributed by atoms with Crippen LogP contribution in [-0.4, -0.2) is 43.8 Å². The molecule has 1 aromatic rings. The SMILES string of the molecule is C[C@@H](C(=O)O)N(N)C(=O)CSc1ncccn1. The summed E-state index contributed by atoms with van der Waals surface area (Å²) >= 11 is 1.10. The third kappa shape index (κ3) is 4.00. The summed E-state index contributed by atoms with van der Waals surface area (Å²) in [6.07, 6.45) is 3.11. The number of carbonyl (C=O) groups excluding carboxylic acids is 1. The Labute approximate surface area is 102 Å². The molecule has 8 heteroatoms. The molecule has 1 rings (SSSR count). The van der Waals surface area contributed by atoms with Crippen molar-refractivity contribution >= 4 is 23.6 Å². The molecule has 3 N–H and O–H groups in total. The van der Waals surface area contributed by atoms with Gasteiger partial charge < -0.3 is 5.11 Å². The second-order valence-electron chi connectivity index (χ2n) is 3.14. The second kappa shape index (κ2) is 6.16. The Bertz CT molecular complexity index is 400. The molecule has 0 saturated heterocycles. The number of carboxylic acid groups (broad SMARTS) is 1. The molecular weight excluding hydrogens is 244 g/mol. The van der Waals surface area contributed by atoms with Crippen LogP contribution in [0.4, 0.5) is 0 Å². The van der Waals surface area contributed by atoms with Gasteiger partial charge in [-0.1, -0.05) is 11.8 Å². The van der Waals surface area contributed by atoms with Gasteiger partial charge in [0.1, 0.15) is 6.04 Å². The maximum atomic E-state index is 11.5. The number of nitrogens with two attached hydrogens (primary N) is 1. The molecule has 0 aliphatic heterocycles. The molecule has 0 unspecified atom stereocenters. The first kappa shape index (κ1) is 13.4. The fraction of sp³-hybridized carbons (Fsp3) is 0.333. The van der Waals surface area contributed by atoms with Crippen LogP contribution in [-0.2, 0) is 9.59 Å². The van der Waals surface area contributed by atoms with E-state index in [0.717, 1.165) is 11.8 Å². The van der Waals surface area contributed by atoms with Crippen molar-refractivity contribution in [1.82, 2.24) is 15.0 Å². The number of carboxylic acids is 1. The van der Waals surface area contributed by atoms with Crippen molar-refractivity contribution in [3.8, 4) is 0 Å². The minimum Gasteiger partial charge on any atom is -0.480 e. The molecule has 1 atom stereocenters. The highest BCUT2D eigenvalue weighted by Crippen LogP contribution is 2.11. The van der Waals surface area contributed by atoms with E-state index < -0.39 is 17.9 Å². The molecule has 0 aliphatic rings. The second-order valence-corrected chi connectivity index (χ2v) is 4.08. The Kier molecular flexibility index (Phi) is 4.85. The van der Waals surface area contributed by atoms with Gasteiger partial charge in [0.2, 0.25) is 5.91 Å². The Morgan fingerprint density at radius 3 is 2.65 bits per heavy atom. The molecule has 1 heterocycles. The van der Waals surface area contributed by atoms with Crippen LogP contribution in [0.3, 0.4) is 0 Å². The summed E-state index contributed by atoms with van der Waals surface area (Å²) in [4.78, 5) is 30.0. The van der Waals surface area contributed by atoms with E-state index in [1.807, 2.05) is 0 Å². The van der Waals surface area contributed by atoms with Crippen LogP contribution in [0, 0.1) is 0 Å². The zero-order valence-electron chi connectivity index (χ0n) is 9.11. The van der Waals surface area contributed by atoms with Gasteiger partial charge in [-0.25, -0.2) is 20.6 Å². The van der Waals surface area contributed by atoms with Crippen LogP contribution >= 0.6 is 11.8 Å². The van der Waals surface area contributed by atoms with E-state index in [4.69, 9.17) is 10.9 Å². The topological polar surface area (TPSA) is 109 Å². The lowest BCUT2D eigenvalue weighted by Crippen LogP contribution is -2.48. The van der Waals surface area contributed by atoms with Gasteiger partial charge >= 0.3 is 5.97 Å². The molecule has 17 heavy (non-hydrogen) atoms. The minimum absolute atomic E-state index is 0.00185. The molecule has 0 fully saturated rings. The summed E-state index contributed by atoms with van der Waals surface area (Å²) in [5.74, 6) is 3.73. The summed E-state index contributed by atoms with van der Waals surface area (Å²) in [6, 6.07) is 0.605. The van der Waals surface area contributed by atoms with Gasteiger partial charge in [0.15, 0.2) is 5.16 Å². The van der Waals surface area contributed by atoms with E-state index in [-0.39, 0.29) is 5.75 Å². The number of aromatic nitrogens is 2. The zero-order valence-corrected chi connectivity index (χ0v) is 9.92. The molecule has 92 valence electrons. The Balaban J connectivity index is 2.47. The van der Waals surface area contributed by atoms with E-state index in [1.165, 1.54) is 6.92 Å². The average molecular weight is 256 g/mol. The van der Waals surface area contributed by atoms with Gasteiger partial charge in [0.05, 0.1) is 5.75 Å². The molecule has 0 aromatic carbocycles. The lowest BCUT2D eigenvalue weighted by molar-refractivity contribution is -0.148. The fourth-order valence-corrected chi connectivity index (χ4v) is 1.57. The van der Waals surface area contributed by atoms with Crippen LogP contribution in [0.1, 0.15) is 6.92 Å². The van der Waals surface area contributed by atoms with Crippen LogP contribution in [0.25, 0.3) is 0 Å². The predicted octanol–water partition coefficient (Wildman–Crippen LogP) is -0.256. The third-order valence-electron chi connectivity index (χ3n) is 1.93. The van der Waals surface area contributed by atoms with Crippen molar-refractivity contribution in [2.75, 3.05) is 5.75 Å². The van der Waals surface area contributed by atoms with Gasteiger partial charge in [-0.3, -0.25) is 9.80 Å². The first-order valence-electron chi connectivity index (χ1n) is 4.71. The van der Waals surface area contributed by atoms with Crippen molar-refractivity contribution in [2.45, 2.75) is 18.1 Å². The van der Waals surface area contributed by atoms with Crippen molar-refractivity contribution in [1.29, 1.82) is 0 Å². The molecule has 1 amide bonds. The largest absolute Gasteiger partial charge is 0.480 e. The molecular formula is C9H12N4O3S. The Morgan fingerprint density at radius 1 is 1.53 bits per heavy atom.